The Labute approximate surface area is 157 Å². The van der Waals surface area contributed by atoms with Gasteiger partial charge in [-0.2, -0.15) is 13.2 Å². The number of ether oxygens (including phenoxy) is 1. The van der Waals surface area contributed by atoms with E-state index in [2.05, 4.69) is 9.97 Å². The molecule has 10 heteroatoms. The molecule has 0 spiro atoms. The molecule has 0 aliphatic carbocycles. The van der Waals surface area contributed by atoms with Gasteiger partial charge in [-0.05, 0) is 13.0 Å². The van der Waals surface area contributed by atoms with Gasteiger partial charge in [0, 0.05) is 24.2 Å². The third kappa shape index (κ3) is 3.51. The predicted molar refractivity (Wildman–Crippen MR) is 92.7 cm³/mol. The molecular weight excluding hydrogens is 381 g/mol. The highest BCUT2D eigenvalue weighted by atomic mass is 32.1. The number of hydrogen-bond donors (Lipinski definition) is 0. The summed E-state index contributed by atoms with van der Waals surface area (Å²) in [5, 5.41) is 0.918. The van der Waals surface area contributed by atoms with Crippen molar-refractivity contribution in [2.75, 3.05) is 31.2 Å². The van der Waals surface area contributed by atoms with Crippen molar-refractivity contribution in [1.29, 1.82) is 0 Å². The summed E-state index contributed by atoms with van der Waals surface area (Å²) in [4.78, 5) is 25.8. The van der Waals surface area contributed by atoms with Crippen LogP contribution in [0.4, 0.5) is 19.0 Å². The van der Waals surface area contributed by atoms with Crippen molar-refractivity contribution in [2.45, 2.75) is 26.2 Å². The van der Waals surface area contributed by atoms with Crippen molar-refractivity contribution in [3.8, 4) is 0 Å². The maximum atomic E-state index is 13.2. The normalized spacial score (nSPS) is 17.3. The van der Waals surface area contributed by atoms with Gasteiger partial charge in [-0.25, -0.2) is 9.97 Å². The molecule has 2 aliphatic heterocycles. The van der Waals surface area contributed by atoms with Crippen molar-refractivity contribution < 1.29 is 22.7 Å². The van der Waals surface area contributed by atoms with Gasteiger partial charge in [-0.15, -0.1) is 11.3 Å². The molecule has 1 fully saturated rings. The Hall–Kier alpha value is -2.20. The molecule has 0 N–H and O–H groups in total. The summed E-state index contributed by atoms with van der Waals surface area (Å²) in [6.07, 6.45) is -3.78. The number of hydrogen-bond acceptors (Lipinski definition) is 6. The number of aromatic nitrogens is 2. The van der Waals surface area contributed by atoms with E-state index in [9.17, 15) is 18.0 Å². The van der Waals surface area contributed by atoms with Gasteiger partial charge in [0.1, 0.15) is 5.82 Å². The highest BCUT2D eigenvalue weighted by Gasteiger charge is 2.35. The summed E-state index contributed by atoms with van der Waals surface area (Å²) in [7, 11) is 0. The monoisotopic (exact) mass is 398 g/mol. The number of rotatable bonds is 2. The van der Waals surface area contributed by atoms with Crippen LogP contribution >= 0.6 is 11.3 Å². The topological polar surface area (TPSA) is 58.6 Å². The summed E-state index contributed by atoms with van der Waals surface area (Å²) in [5.41, 5.74) is -0.136. The fraction of sp³-hybridized carbons (Fsp3) is 0.471. The molecule has 2 aromatic rings. The molecule has 4 heterocycles. The Balaban J connectivity index is 1.68. The van der Waals surface area contributed by atoms with E-state index in [1.165, 1.54) is 16.2 Å². The second kappa shape index (κ2) is 6.75. The molecule has 2 aromatic heterocycles. The van der Waals surface area contributed by atoms with Gasteiger partial charge in [0.15, 0.2) is 0 Å². The molecule has 1 saturated heterocycles. The Morgan fingerprint density at radius 3 is 2.67 bits per heavy atom. The van der Waals surface area contributed by atoms with Crippen molar-refractivity contribution in [3.63, 3.8) is 0 Å². The molecule has 0 saturated carbocycles. The standard InChI is InChI=1S/C17H17F3N4O2S/c1-10-22-13-8-24(9-14(13)27-10)16(25)12-6-11(17(18,19)20)7-21-15(12)23-2-4-26-5-3-23/h6-7H,2-5,8-9H2,1H3. The molecule has 0 unspecified atom stereocenters. The number of alkyl halides is 3. The Morgan fingerprint density at radius 1 is 1.26 bits per heavy atom. The van der Waals surface area contributed by atoms with Gasteiger partial charge < -0.3 is 14.5 Å². The number of anilines is 1. The van der Waals surface area contributed by atoms with Crippen molar-refractivity contribution in [2.24, 2.45) is 0 Å². The summed E-state index contributed by atoms with van der Waals surface area (Å²) < 4.78 is 44.8. The number of fused-ring (bicyclic) bond motifs is 1. The van der Waals surface area contributed by atoms with Crippen LogP contribution in [0.2, 0.25) is 0 Å². The van der Waals surface area contributed by atoms with E-state index in [0.717, 1.165) is 27.8 Å². The first kappa shape index (κ1) is 18.2. The second-order valence-corrected chi connectivity index (χ2v) is 7.74. The Bertz CT molecular complexity index is 854. The van der Waals surface area contributed by atoms with Crippen molar-refractivity contribution in [1.82, 2.24) is 14.9 Å². The zero-order chi connectivity index (χ0) is 19.2. The maximum absolute atomic E-state index is 13.2. The number of thiazole rings is 1. The summed E-state index contributed by atoms with van der Waals surface area (Å²) >= 11 is 1.51. The van der Waals surface area contributed by atoms with Crippen LogP contribution in [-0.4, -0.2) is 47.1 Å². The number of carbonyl (C=O) groups is 1. The van der Waals surface area contributed by atoms with E-state index in [1.807, 2.05) is 6.92 Å². The van der Waals surface area contributed by atoms with E-state index in [-0.39, 0.29) is 11.4 Å². The quantitative estimate of drug-likeness (QED) is 0.779. The molecule has 0 bridgehead atoms. The average molecular weight is 398 g/mol. The number of pyridine rings is 1. The van der Waals surface area contributed by atoms with Crippen LogP contribution in [0.25, 0.3) is 0 Å². The van der Waals surface area contributed by atoms with Gasteiger partial charge in [-0.3, -0.25) is 4.79 Å². The fourth-order valence-electron chi connectivity index (χ4n) is 3.28. The Kier molecular flexibility index (Phi) is 4.55. The van der Waals surface area contributed by atoms with Crippen LogP contribution < -0.4 is 4.90 Å². The molecular formula is C17H17F3N4O2S. The average Bonchev–Trinajstić information content (AvgIpc) is 3.18. The zero-order valence-corrected chi connectivity index (χ0v) is 15.4. The molecule has 6 nitrogen and oxygen atoms in total. The third-order valence-electron chi connectivity index (χ3n) is 4.58. The molecule has 0 aromatic carbocycles. The first-order valence-electron chi connectivity index (χ1n) is 8.47. The first-order valence-corrected chi connectivity index (χ1v) is 9.29. The van der Waals surface area contributed by atoms with E-state index in [1.54, 1.807) is 4.90 Å². The predicted octanol–water partition coefficient (Wildman–Crippen LogP) is 2.86. The smallest absolute Gasteiger partial charge is 0.378 e. The molecule has 2 aliphatic rings. The van der Waals surface area contributed by atoms with Crippen LogP contribution in [0.3, 0.4) is 0 Å². The lowest BCUT2D eigenvalue weighted by Crippen LogP contribution is -2.39. The lowest BCUT2D eigenvalue weighted by Gasteiger charge is -2.30. The molecule has 0 atom stereocenters. The lowest BCUT2D eigenvalue weighted by molar-refractivity contribution is -0.137. The van der Waals surface area contributed by atoms with Gasteiger partial charge in [0.2, 0.25) is 0 Å². The van der Waals surface area contributed by atoms with Crippen molar-refractivity contribution >= 4 is 23.1 Å². The van der Waals surface area contributed by atoms with E-state index >= 15 is 0 Å². The van der Waals surface area contributed by atoms with Gasteiger partial charge >= 0.3 is 6.18 Å². The van der Waals surface area contributed by atoms with E-state index < -0.39 is 17.6 Å². The summed E-state index contributed by atoms with van der Waals surface area (Å²) in [6, 6.07) is 0.908. The van der Waals surface area contributed by atoms with Crippen LogP contribution in [-0.2, 0) is 24.0 Å². The number of halogens is 3. The maximum Gasteiger partial charge on any atom is 0.417 e. The van der Waals surface area contributed by atoms with Crippen LogP contribution in [0.5, 0.6) is 0 Å². The SMILES string of the molecule is Cc1nc2c(s1)CN(C(=O)c1cc(C(F)(F)F)cnc1N1CCOCC1)C2. The second-order valence-electron chi connectivity index (χ2n) is 6.46. The minimum absolute atomic E-state index is 0.0291. The van der Waals surface area contributed by atoms with Gasteiger partial charge in [0.05, 0.1) is 48.1 Å². The number of morpholine rings is 1. The minimum Gasteiger partial charge on any atom is -0.378 e. The number of nitrogens with zero attached hydrogens (tertiary/aromatic N) is 4. The zero-order valence-electron chi connectivity index (χ0n) is 14.5. The fourth-order valence-corrected chi connectivity index (χ4v) is 4.24. The van der Waals surface area contributed by atoms with Crippen LogP contribution in [0.1, 0.15) is 31.5 Å². The van der Waals surface area contributed by atoms with E-state index in [4.69, 9.17) is 4.74 Å². The molecule has 4 rings (SSSR count). The van der Waals surface area contributed by atoms with E-state index in [0.29, 0.717) is 39.4 Å². The summed E-state index contributed by atoms with van der Waals surface area (Å²) in [5.74, 6) is -0.186. The van der Waals surface area contributed by atoms with Crippen LogP contribution in [0, 0.1) is 6.92 Å². The molecule has 1 amide bonds. The molecule has 27 heavy (non-hydrogen) atoms. The van der Waals surface area contributed by atoms with Crippen LogP contribution in [0.15, 0.2) is 12.3 Å². The lowest BCUT2D eigenvalue weighted by atomic mass is 10.1. The van der Waals surface area contributed by atoms with Gasteiger partial charge in [0.25, 0.3) is 5.91 Å². The third-order valence-corrected chi connectivity index (χ3v) is 5.58. The van der Waals surface area contributed by atoms with Crippen molar-refractivity contribution in [3.05, 3.63) is 39.0 Å². The molecule has 144 valence electrons. The minimum atomic E-state index is -4.56. The first-order chi connectivity index (χ1) is 12.8. The largest absolute Gasteiger partial charge is 0.417 e. The number of amides is 1. The number of carbonyl (C=O) groups excluding carboxylic acids is 1. The highest BCUT2D eigenvalue weighted by Crippen LogP contribution is 2.34. The van der Waals surface area contributed by atoms with Gasteiger partial charge in [-0.1, -0.05) is 0 Å². The summed E-state index contributed by atoms with van der Waals surface area (Å²) in [6.45, 7) is 4.40. The number of aryl methyl sites for hydroxylation is 1. The molecule has 0 radical (unpaired) electrons. The Morgan fingerprint density at radius 2 is 2.00 bits per heavy atom. The highest BCUT2D eigenvalue weighted by molar-refractivity contribution is 7.11.